The minimum absolute atomic E-state index is 0.606. The predicted molar refractivity (Wildman–Crippen MR) is 55.3 cm³/mol. The number of rotatable bonds is 4. The third-order valence-corrected chi connectivity index (χ3v) is 2.62. The van der Waals surface area contributed by atoms with Gasteiger partial charge in [0.2, 0.25) is 0 Å². The first kappa shape index (κ1) is 9.54. The maximum Gasteiger partial charge on any atom is 0.123 e. The Morgan fingerprint density at radius 3 is 2.92 bits per heavy atom. The number of hydrogen-bond acceptors (Lipinski definition) is 1. The topological polar surface area (TPSA) is 9.23 Å². The molecule has 0 heterocycles. The fraction of sp³-hybridized carbons (Fsp3) is 0.400. The summed E-state index contributed by atoms with van der Waals surface area (Å²) in [4.78, 5) is 0. The molecule has 0 aliphatic carbocycles. The first-order chi connectivity index (χ1) is 5.83. The maximum atomic E-state index is 5.56. The van der Waals surface area contributed by atoms with E-state index in [1.807, 2.05) is 12.1 Å². The number of benzene rings is 1. The molecule has 0 fully saturated rings. The van der Waals surface area contributed by atoms with E-state index in [-0.39, 0.29) is 0 Å². The van der Waals surface area contributed by atoms with Crippen molar-refractivity contribution in [3.63, 3.8) is 0 Å². The summed E-state index contributed by atoms with van der Waals surface area (Å²) in [6.45, 7) is 4.25. The van der Waals surface area contributed by atoms with Crippen LogP contribution in [0.5, 0.6) is 5.75 Å². The van der Waals surface area contributed by atoms with Crippen LogP contribution in [0.1, 0.15) is 18.9 Å². The molecule has 0 bridgehead atoms. The monoisotopic (exact) mass is 182 g/mol. The molecule has 0 aliphatic heterocycles. The van der Waals surface area contributed by atoms with Gasteiger partial charge in [-0.3, -0.25) is 0 Å². The zero-order valence-corrected chi connectivity index (χ0v) is 8.63. The molecule has 0 amide bonds. The Morgan fingerprint density at radius 1 is 1.42 bits per heavy atom. The molecule has 1 rings (SSSR count). The van der Waals surface area contributed by atoms with Gasteiger partial charge in [-0.2, -0.15) is 0 Å². The molecule has 0 aliphatic rings. The van der Waals surface area contributed by atoms with Crippen LogP contribution < -0.4 is 4.52 Å². The lowest BCUT2D eigenvalue weighted by atomic mass is 10.2. The third kappa shape index (κ3) is 3.23. The molecule has 66 valence electrons. The molecule has 0 saturated heterocycles. The molecule has 0 radical (unpaired) electrons. The van der Waals surface area contributed by atoms with E-state index in [1.54, 1.807) is 0 Å². The first-order valence-corrected chi connectivity index (χ1v) is 5.41. The van der Waals surface area contributed by atoms with Gasteiger partial charge in [-0.25, -0.2) is 0 Å². The Bertz CT molecular complexity index is 235. The highest BCUT2D eigenvalue weighted by Crippen LogP contribution is 2.21. The molecular formula is C10H15OP. The second-order valence-corrected chi connectivity index (χ2v) is 3.81. The smallest absolute Gasteiger partial charge is 0.123 e. The van der Waals surface area contributed by atoms with Crippen LogP contribution in [0.2, 0.25) is 0 Å². The van der Waals surface area contributed by atoms with Gasteiger partial charge in [-0.05, 0) is 31.0 Å². The van der Waals surface area contributed by atoms with E-state index in [4.69, 9.17) is 4.52 Å². The van der Waals surface area contributed by atoms with Crippen LogP contribution in [0.4, 0.5) is 0 Å². The number of hydrogen-bond donors (Lipinski definition) is 0. The zero-order chi connectivity index (χ0) is 8.81. The van der Waals surface area contributed by atoms with Crippen LogP contribution >= 0.6 is 8.81 Å². The van der Waals surface area contributed by atoms with Gasteiger partial charge in [-0.15, -0.1) is 0 Å². The maximum absolute atomic E-state index is 5.56. The van der Waals surface area contributed by atoms with Crippen molar-refractivity contribution in [1.29, 1.82) is 0 Å². The molecule has 1 aromatic rings. The Hall–Kier alpha value is -0.550. The van der Waals surface area contributed by atoms with Gasteiger partial charge in [-0.1, -0.05) is 19.1 Å². The molecule has 0 spiro atoms. The predicted octanol–water partition coefficient (Wildman–Crippen LogP) is 3.38. The standard InChI is InChI=1S/C10H15OP/c1-3-7-12-11-10-6-4-5-9(2)8-10/h4-6,8,12H,3,7H2,1-2H3. The number of aryl methyl sites for hydroxylation is 1. The lowest BCUT2D eigenvalue weighted by Gasteiger charge is -2.04. The van der Waals surface area contributed by atoms with Crippen LogP contribution in [-0.4, -0.2) is 6.16 Å². The summed E-state index contributed by atoms with van der Waals surface area (Å²) in [6, 6.07) is 8.19. The molecule has 2 heteroatoms. The Kier molecular flexibility index (Phi) is 4.10. The van der Waals surface area contributed by atoms with E-state index in [0.717, 1.165) is 11.9 Å². The summed E-state index contributed by atoms with van der Waals surface area (Å²) >= 11 is 0. The molecule has 1 aromatic carbocycles. The molecular weight excluding hydrogens is 167 g/mol. The summed E-state index contributed by atoms with van der Waals surface area (Å²) in [7, 11) is 0.606. The van der Waals surface area contributed by atoms with Crippen molar-refractivity contribution in [2.24, 2.45) is 0 Å². The lowest BCUT2D eigenvalue weighted by molar-refractivity contribution is 0.628. The van der Waals surface area contributed by atoms with Crippen molar-refractivity contribution < 1.29 is 4.52 Å². The van der Waals surface area contributed by atoms with Gasteiger partial charge in [0.1, 0.15) is 5.75 Å². The van der Waals surface area contributed by atoms with Crippen molar-refractivity contribution in [3.8, 4) is 5.75 Å². The summed E-state index contributed by atoms with van der Waals surface area (Å²) in [5.74, 6) is 1.00. The Balaban J connectivity index is 2.41. The van der Waals surface area contributed by atoms with Gasteiger partial charge in [0.25, 0.3) is 0 Å². The summed E-state index contributed by atoms with van der Waals surface area (Å²) in [5, 5.41) is 0. The summed E-state index contributed by atoms with van der Waals surface area (Å²) in [5.41, 5.74) is 1.26. The quantitative estimate of drug-likeness (QED) is 0.512. The van der Waals surface area contributed by atoms with E-state index < -0.39 is 0 Å². The van der Waals surface area contributed by atoms with Crippen molar-refractivity contribution in [3.05, 3.63) is 29.8 Å². The second-order valence-electron chi connectivity index (χ2n) is 2.81. The molecule has 0 N–H and O–H groups in total. The molecule has 1 nitrogen and oxygen atoms in total. The van der Waals surface area contributed by atoms with Crippen molar-refractivity contribution in [1.82, 2.24) is 0 Å². The normalized spacial score (nSPS) is 10.8. The van der Waals surface area contributed by atoms with Crippen molar-refractivity contribution in [2.75, 3.05) is 6.16 Å². The average molecular weight is 182 g/mol. The SMILES string of the molecule is CCCPOc1cccc(C)c1. The van der Waals surface area contributed by atoms with E-state index in [9.17, 15) is 0 Å². The van der Waals surface area contributed by atoms with E-state index in [2.05, 4.69) is 26.0 Å². The highest BCUT2D eigenvalue weighted by atomic mass is 31.1. The summed E-state index contributed by atoms with van der Waals surface area (Å²) < 4.78 is 5.56. The van der Waals surface area contributed by atoms with Gasteiger partial charge < -0.3 is 4.52 Å². The fourth-order valence-corrected chi connectivity index (χ4v) is 1.52. The molecule has 0 saturated carbocycles. The lowest BCUT2D eigenvalue weighted by Crippen LogP contribution is -1.81. The van der Waals surface area contributed by atoms with Crippen LogP contribution in [0, 0.1) is 6.92 Å². The minimum atomic E-state index is 0.606. The van der Waals surface area contributed by atoms with Gasteiger partial charge in [0.15, 0.2) is 0 Å². The van der Waals surface area contributed by atoms with Crippen LogP contribution in [0.3, 0.4) is 0 Å². The van der Waals surface area contributed by atoms with Crippen molar-refractivity contribution in [2.45, 2.75) is 20.3 Å². The van der Waals surface area contributed by atoms with Crippen LogP contribution in [0.25, 0.3) is 0 Å². The molecule has 0 aromatic heterocycles. The van der Waals surface area contributed by atoms with E-state index >= 15 is 0 Å². The summed E-state index contributed by atoms with van der Waals surface area (Å²) in [6.07, 6.45) is 2.36. The van der Waals surface area contributed by atoms with Crippen LogP contribution in [0.15, 0.2) is 24.3 Å². The fourth-order valence-electron chi connectivity index (χ4n) is 0.915. The Labute approximate surface area is 76.0 Å². The average Bonchev–Trinajstić information content (AvgIpc) is 2.05. The minimum Gasteiger partial charge on any atom is -0.477 e. The third-order valence-electron chi connectivity index (χ3n) is 1.53. The Morgan fingerprint density at radius 2 is 2.25 bits per heavy atom. The highest BCUT2D eigenvalue weighted by Gasteiger charge is 1.92. The van der Waals surface area contributed by atoms with E-state index in [0.29, 0.717) is 8.81 Å². The van der Waals surface area contributed by atoms with Gasteiger partial charge >= 0.3 is 0 Å². The zero-order valence-electron chi connectivity index (χ0n) is 7.63. The van der Waals surface area contributed by atoms with E-state index in [1.165, 1.54) is 12.0 Å². The van der Waals surface area contributed by atoms with Crippen molar-refractivity contribution >= 4 is 8.81 Å². The van der Waals surface area contributed by atoms with Gasteiger partial charge in [0.05, 0.1) is 8.81 Å². The van der Waals surface area contributed by atoms with Gasteiger partial charge in [0, 0.05) is 6.16 Å². The highest BCUT2D eigenvalue weighted by molar-refractivity contribution is 7.32. The second kappa shape index (κ2) is 5.16. The molecule has 1 atom stereocenters. The molecule has 1 unspecified atom stereocenters. The van der Waals surface area contributed by atoms with Crippen LogP contribution in [-0.2, 0) is 0 Å². The molecule has 12 heavy (non-hydrogen) atoms. The first-order valence-electron chi connectivity index (χ1n) is 4.29. The largest absolute Gasteiger partial charge is 0.477 e.